The highest BCUT2D eigenvalue weighted by Crippen LogP contribution is 2.34. The third-order valence-electron chi connectivity index (χ3n) is 4.06. The van der Waals surface area contributed by atoms with Gasteiger partial charge >= 0.3 is 0 Å². The van der Waals surface area contributed by atoms with Crippen LogP contribution in [0.2, 0.25) is 0 Å². The Labute approximate surface area is 156 Å². The molecule has 0 saturated heterocycles. The smallest absolute Gasteiger partial charge is 0.206 e. The second-order valence-electron chi connectivity index (χ2n) is 5.74. The zero-order valence-corrected chi connectivity index (χ0v) is 15.4. The van der Waals surface area contributed by atoms with E-state index < -0.39 is 9.84 Å². The molecule has 0 fully saturated rings. The Morgan fingerprint density at radius 2 is 1.46 bits per heavy atom. The van der Waals surface area contributed by atoms with E-state index in [1.165, 1.54) is 0 Å². The van der Waals surface area contributed by atoms with Gasteiger partial charge in [0.2, 0.25) is 9.84 Å². The van der Waals surface area contributed by atoms with Crippen LogP contribution in [0.25, 0.3) is 10.8 Å². The number of rotatable bonds is 4. The lowest BCUT2D eigenvalue weighted by molar-refractivity contribution is 0.596. The first-order chi connectivity index (χ1) is 12.6. The van der Waals surface area contributed by atoms with Crippen LogP contribution < -0.4 is 0 Å². The summed E-state index contributed by atoms with van der Waals surface area (Å²) in [4.78, 5) is 6.86. The molecular weight excluding hydrogens is 362 g/mol. The highest BCUT2D eigenvalue weighted by molar-refractivity contribution is 7.99. The molecule has 0 amide bonds. The number of sulfone groups is 1. The van der Waals surface area contributed by atoms with Crippen LogP contribution in [-0.4, -0.2) is 13.4 Å². The van der Waals surface area contributed by atoms with E-state index in [0.717, 1.165) is 20.6 Å². The van der Waals surface area contributed by atoms with E-state index in [4.69, 9.17) is 0 Å². The summed E-state index contributed by atoms with van der Waals surface area (Å²) in [5, 5.41) is 2.22. The van der Waals surface area contributed by atoms with Crippen molar-refractivity contribution in [1.82, 2.24) is 4.98 Å². The largest absolute Gasteiger partial charge is 0.264 e. The number of fused-ring (bicyclic) bond motifs is 1. The molecule has 128 valence electrons. The molecule has 0 N–H and O–H groups in total. The molecule has 0 aliphatic rings. The third-order valence-corrected chi connectivity index (χ3v) is 6.93. The first-order valence-electron chi connectivity index (χ1n) is 8.05. The number of benzene rings is 3. The van der Waals surface area contributed by atoms with Gasteiger partial charge in [-0.25, -0.2) is 8.42 Å². The van der Waals surface area contributed by atoms with Crippen molar-refractivity contribution in [2.24, 2.45) is 0 Å². The van der Waals surface area contributed by atoms with Crippen LogP contribution in [0.1, 0.15) is 0 Å². The Bertz CT molecular complexity index is 1150. The molecule has 3 nitrogen and oxygen atoms in total. The van der Waals surface area contributed by atoms with Crippen molar-refractivity contribution in [1.29, 1.82) is 0 Å². The number of hydrogen-bond acceptors (Lipinski definition) is 4. The van der Waals surface area contributed by atoms with Crippen molar-refractivity contribution in [3.8, 4) is 0 Å². The molecule has 0 atom stereocenters. The maximum absolute atomic E-state index is 12.7. The number of pyridine rings is 1. The molecular formula is C21H15NO2S2. The molecule has 5 heteroatoms. The molecule has 0 saturated carbocycles. The van der Waals surface area contributed by atoms with Gasteiger partial charge in [0, 0.05) is 27.6 Å². The third kappa shape index (κ3) is 3.23. The maximum Gasteiger partial charge on any atom is 0.206 e. The van der Waals surface area contributed by atoms with Crippen molar-refractivity contribution >= 4 is 32.4 Å². The lowest BCUT2D eigenvalue weighted by atomic mass is 10.2. The fourth-order valence-electron chi connectivity index (χ4n) is 2.73. The zero-order chi connectivity index (χ0) is 18.0. The maximum atomic E-state index is 12.7. The summed E-state index contributed by atoms with van der Waals surface area (Å²) in [6, 6.07) is 23.6. The number of nitrogens with zero attached hydrogens (tertiary/aromatic N) is 1. The monoisotopic (exact) mass is 377 g/mol. The SMILES string of the molecule is O=S(=O)(c1ccccc1)c1ccc(Sc2cccc3cnccc23)cc1. The van der Waals surface area contributed by atoms with Gasteiger partial charge in [0.15, 0.2) is 0 Å². The summed E-state index contributed by atoms with van der Waals surface area (Å²) in [6.45, 7) is 0. The lowest BCUT2D eigenvalue weighted by Gasteiger charge is -2.08. The van der Waals surface area contributed by atoms with Gasteiger partial charge in [-0.1, -0.05) is 42.1 Å². The summed E-state index contributed by atoms with van der Waals surface area (Å²) in [5.74, 6) is 0. The summed E-state index contributed by atoms with van der Waals surface area (Å²) in [5.41, 5.74) is 0. The first-order valence-corrected chi connectivity index (χ1v) is 10.4. The summed E-state index contributed by atoms with van der Waals surface area (Å²) >= 11 is 1.61. The molecule has 26 heavy (non-hydrogen) atoms. The van der Waals surface area contributed by atoms with Gasteiger partial charge in [-0.05, 0) is 53.9 Å². The van der Waals surface area contributed by atoms with Crippen molar-refractivity contribution < 1.29 is 8.42 Å². The molecule has 0 aliphatic heterocycles. The van der Waals surface area contributed by atoms with Crippen molar-refractivity contribution in [2.45, 2.75) is 19.6 Å². The highest BCUT2D eigenvalue weighted by atomic mass is 32.2. The van der Waals surface area contributed by atoms with Crippen molar-refractivity contribution in [2.75, 3.05) is 0 Å². The first kappa shape index (κ1) is 16.8. The summed E-state index contributed by atoms with van der Waals surface area (Å²) in [6.07, 6.45) is 3.62. The van der Waals surface area contributed by atoms with E-state index >= 15 is 0 Å². The summed E-state index contributed by atoms with van der Waals surface area (Å²) in [7, 11) is -3.48. The van der Waals surface area contributed by atoms with Gasteiger partial charge in [-0.3, -0.25) is 4.98 Å². The normalized spacial score (nSPS) is 11.5. The van der Waals surface area contributed by atoms with E-state index in [1.54, 1.807) is 60.4 Å². The second kappa shape index (κ2) is 6.94. The van der Waals surface area contributed by atoms with Crippen LogP contribution in [0.5, 0.6) is 0 Å². The molecule has 1 aromatic heterocycles. The van der Waals surface area contributed by atoms with E-state index in [1.807, 2.05) is 36.5 Å². The Hall–Kier alpha value is -2.63. The highest BCUT2D eigenvalue weighted by Gasteiger charge is 2.17. The van der Waals surface area contributed by atoms with Gasteiger partial charge in [0.05, 0.1) is 9.79 Å². The Morgan fingerprint density at radius 1 is 0.731 bits per heavy atom. The van der Waals surface area contributed by atoms with Crippen LogP contribution >= 0.6 is 11.8 Å². The predicted octanol–water partition coefficient (Wildman–Crippen LogP) is 5.22. The Morgan fingerprint density at radius 3 is 2.23 bits per heavy atom. The van der Waals surface area contributed by atoms with Crippen molar-refractivity contribution in [3.05, 3.63) is 91.3 Å². The minimum absolute atomic E-state index is 0.301. The quantitative estimate of drug-likeness (QED) is 0.489. The second-order valence-corrected chi connectivity index (χ2v) is 8.81. The fraction of sp³-hybridized carbons (Fsp3) is 0. The van der Waals surface area contributed by atoms with Crippen molar-refractivity contribution in [3.63, 3.8) is 0 Å². The average Bonchev–Trinajstić information content (AvgIpc) is 2.69. The van der Waals surface area contributed by atoms with E-state index in [9.17, 15) is 8.42 Å². The molecule has 0 spiro atoms. The lowest BCUT2D eigenvalue weighted by Crippen LogP contribution is -2.01. The minimum atomic E-state index is -3.48. The molecule has 4 rings (SSSR count). The zero-order valence-electron chi connectivity index (χ0n) is 13.7. The Balaban J connectivity index is 1.64. The molecule has 0 aliphatic carbocycles. The molecule has 0 bridgehead atoms. The standard InChI is InChI=1S/C21H15NO2S2/c23-26(24,18-6-2-1-3-7-18)19-11-9-17(10-12-19)25-21-8-4-5-16-15-22-14-13-20(16)21/h1-15H. The molecule has 1 heterocycles. The summed E-state index contributed by atoms with van der Waals surface area (Å²) < 4.78 is 25.3. The van der Waals surface area contributed by atoms with Gasteiger partial charge in [0.1, 0.15) is 0 Å². The van der Waals surface area contributed by atoms with Gasteiger partial charge in [0.25, 0.3) is 0 Å². The van der Waals surface area contributed by atoms with Crippen LogP contribution in [0, 0.1) is 0 Å². The van der Waals surface area contributed by atoms with Crippen LogP contribution in [0.3, 0.4) is 0 Å². The minimum Gasteiger partial charge on any atom is -0.264 e. The van der Waals surface area contributed by atoms with E-state index in [0.29, 0.717) is 9.79 Å². The molecule has 0 radical (unpaired) electrons. The van der Waals surface area contributed by atoms with Crippen LogP contribution in [0.15, 0.2) is 111 Å². The van der Waals surface area contributed by atoms with Gasteiger partial charge < -0.3 is 0 Å². The van der Waals surface area contributed by atoms with Crippen LogP contribution in [0.4, 0.5) is 0 Å². The fourth-order valence-corrected chi connectivity index (χ4v) is 4.98. The Kier molecular flexibility index (Phi) is 4.49. The number of aromatic nitrogens is 1. The average molecular weight is 377 g/mol. The topological polar surface area (TPSA) is 47.0 Å². The van der Waals surface area contributed by atoms with E-state index in [-0.39, 0.29) is 0 Å². The van der Waals surface area contributed by atoms with Crippen LogP contribution in [-0.2, 0) is 9.84 Å². The molecule has 4 aromatic rings. The molecule has 0 unspecified atom stereocenters. The van der Waals surface area contributed by atoms with E-state index in [2.05, 4.69) is 11.1 Å². The number of hydrogen-bond donors (Lipinski definition) is 0. The predicted molar refractivity (Wildman–Crippen MR) is 104 cm³/mol. The molecule has 3 aromatic carbocycles. The van der Waals surface area contributed by atoms with Gasteiger partial charge in [-0.15, -0.1) is 0 Å². The van der Waals surface area contributed by atoms with Gasteiger partial charge in [-0.2, -0.15) is 0 Å².